The van der Waals surface area contributed by atoms with Crippen molar-refractivity contribution in [2.45, 2.75) is 32.4 Å². The Morgan fingerprint density at radius 3 is 2.40 bits per heavy atom. The molecule has 0 fully saturated rings. The van der Waals surface area contributed by atoms with Crippen molar-refractivity contribution in [3.8, 4) is 0 Å². The zero-order valence-electron chi connectivity index (χ0n) is 11.9. The van der Waals surface area contributed by atoms with E-state index in [2.05, 4.69) is 0 Å². The first-order chi connectivity index (χ1) is 9.11. The molecule has 1 amide bonds. The molecule has 0 spiro atoms. The molecule has 1 rings (SSSR count). The van der Waals surface area contributed by atoms with Crippen LogP contribution in [0, 0.1) is 11.6 Å². The number of aliphatic hydroxyl groups is 1. The van der Waals surface area contributed by atoms with E-state index in [-0.39, 0.29) is 18.7 Å². The second kappa shape index (κ2) is 6.28. The highest BCUT2D eigenvalue weighted by Crippen LogP contribution is 2.21. The molecule has 20 heavy (non-hydrogen) atoms. The van der Waals surface area contributed by atoms with E-state index in [1.54, 1.807) is 4.90 Å². The first kappa shape index (κ1) is 16.5. The highest BCUT2D eigenvalue weighted by atomic mass is 19.2. The number of benzene rings is 1. The maximum absolute atomic E-state index is 13.1. The summed E-state index contributed by atoms with van der Waals surface area (Å²) in [6.45, 7) is 5.68. The van der Waals surface area contributed by atoms with Gasteiger partial charge in [0.15, 0.2) is 11.6 Å². The van der Waals surface area contributed by atoms with Gasteiger partial charge >= 0.3 is 0 Å². The number of nitrogens with two attached hydrogens (primary N) is 1. The standard InChI is InChI=1S/C14H20F2N2O2/c1-14(2,3)18(8-13(17)20)7-12(19)9-4-5-10(15)11(16)6-9/h4-6,12,19H,7-8H2,1-3H3,(H2,17,20). The van der Waals surface area contributed by atoms with Gasteiger partial charge < -0.3 is 10.8 Å². The second-order valence-corrected chi connectivity index (χ2v) is 5.71. The summed E-state index contributed by atoms with van der Waals surface area (Å²) >= 11 is 0. The lowest BCUT2D eigenvalue weighted by atomic mass is 10.0. The van der Waals surface area contributed by atoms with E-state index in [0.29, 0.717) is 0 Å². The summed E-state index contributed by atoms with van der Waals surface area (Å²) in [4.78, 5) is 12.7. The number of halogens is 2. The van der Waals surface area contributed by atoms with E-state index in [0.717, 1.165) is 12.1 Å². The number of carbonyl (C=O) groups excluding carboxylic acids is 1. The Hall–Kier alpha value is -1.53. The zero-order chi connectivity index (χ0) is 15.5. The highest BCUT2D eigenvalue weighted by molar-refractivity contribution is 5.76. The third kappa shape index (κ3) is 4.54. The van der Waals surface area contributed by atoms with Gasteiger partial charge in [-0.15, -0.1) is 0 Å². The predicted molar refractivity (Wildman–Crippen MR) is 71.8 cm³/mol. The van der Waals surface area contributed by atoms with Gasteiger partial charge in [-0.25, -0.2) is 8.78 Å². The fraction of sp³-hybridized carbons (Fsp3) is 0.500. The molecule has 0 heterocycles. The fourth-order valence-electron chi connectivity index (χ4n) is 1.80. The van der Waals surface area contributed by atoms with Crippen LogP contribution in [0.2, 0.25) is 0 Å². The minimum atomic E-state index is -1.04. The fourth-order valence-corrected chi connectivity index (χ4v) is 1.80. The van der Waals surface area contributed by atoms with Crippen LogP contribution < -0.4 is 5.73 Å². The Bertz CT molecular complexity index is 487. The molecule has 1 aromatic rings. The SMILES string of the molecule is CC(C)(C)N(CC(N)=O)CC(O)c1ccc(F)c(F)c1. The molecular formula is C14H20F2N2O2. The Balaban J connectivity index is 2.87. The van der Waals surface area contributed by atoms with Crippen LogP contribution in [0.5, 0.6) is 0 Å². The third-order valence-electron chi connectivity index (χ3n) is 3.02. The van der Waals surface area contributed by atoms with Crippen molar-refractivity contribution in [3.63, 3.8) is 0 Å². The van der Waals surface area contributed by atoms with E-state index < -0.39 is 29.2 Å². The maximum atomic E-state index is 13.1. The van der Waals surface area contributed by atoms with Gasteiger partial charge in [0.1, 0.15) is 0 Å². The summed E-state index contributed by atoms with van der Waals surface area (Å²) in [7, 11) is 0. The Morgan fingerprint density at radius 1 is 1.35 bits per heavy atom. The maximum Gasteiger partial charge on any atom is 0.231 e. The highest BCUT2D eigenvalue weighted by Gasteiger charge is 2.26. The molecule has 1 atom stereocenters. The monoisotopic (exact) mass is 286 g/mol. The van der Waals surface area contributed by atoms with Crippen molar-refractivity contribution in [1.82, 2.24) is 4.90 Å². The average molecular weight is 286 g/mol. The van der Waals surface area contributed by atoms with Gasteiger partial charge in [0, 0.05) is 12.1 Å². The van der Waals surface area contributed by atoms with Gasteiger partial charge in [-0.3, -0.25) is 9.69 Å². The molecule has 0 saturated carbocycles. The summed E-state index contributed by atoms with van der Waals surface area (Å²) in [6.07, 6.45) is -1.04. The van der Waals surface area contributed by atoms with Crippen LogP contribution in [0.1, 0.15) is 32.4 Å². The van der Waals surface area contributed by atoms with Crippen molar-refractivity contribution in [2.75, 3.05) is 13.1 Å². The number of hydrogen-bond donors (Lipinski definition) is 2. The zero-order valence-corrected chi connectivity index (χ0v) is 11.9. The van der Waals surface area contributed by atoms with Crippen LogP contribution in [0.15, 0.2) is 18.2 Å². The number of carbonyl (C=O) groups is 1. The van der Waals surface area contributed by atoms with Crippen LogP contribution in [0.3, 0.4) is 0 Å². The molecule has 112 valence electrons. The van der Waals surface area contributed by atoms with E-state index in [4.69, 9.17) is 5.73 Å². The summed E-state index contributed by atoms with van der Waals surface area (Å²) in [6, 6.07) is 3.22. The number of primary amides is 1. The lowest BCUT2D eigenvalue weighted by molar-refractivity contribution is -0.120. The molecule has 1 aromatic carbocycles. The lowest BCUT2D eigenvalue weighted by Crippen LogP contribution is -2.47. The number of β-amino-alcohol motifs (C(OH)–C–C–N with tert-alkyl or cyclic N) is 1. The van der Waals surface area contributed by atoms with Crippen molar-refractivity contribution < 1.29 is 18.7 Å². The van der Waals surface area contributed by atoms with Gasteiger partial charge in [0.2, 0.25) is 5.91 Å². The van der Waals surface area contributed by atoms with Crippen LogP contribution in [0.25, 0.3) is 0 Å². The number of rotatable bonds is 5. The quantitative estimate of drug-likeness (QED) is 0.863. The molecule has 6 heteroatoms. The van der Waals surface area contributed by atoms with E-state index in [1.807, 2.05) is 20.8 Å². The number of aliphatic hydroxyl groups excluding tert-OH is 1. The first-order valence-electron chi connectivity index (χ1n) is 6.27. The molecule has 0 aliphatic carbocycles. The normalized spacial score (nSPS) is 13.6. The Morgan fingerprint density at radius 2 is 1.95 bits per heavy atom. The van der Waals surface area contributed by atoms with E-state index in [1.165, 1.54) is 6.07 Å². The third-order valence-corrected chi connectivity index (χ3v) is 3.02. The minimum Gasteiger partial charge on any atom is -0.387 e. The van der Waals surface area contributed by atoms with Crippen molar-refractivity contribution in [2.24, 2.45) is 5.73 Å². The van der Waals surface area contributed by atoms with Gasteiger partial charge in [0.25, 0.3) is 0 Å². The molecule has 1 unspecified atom stereocenters. The van der Waals surface area contributed by atoms with Crippen molar-refractivity contribution in [1.29, 1.82) is 0 Å². The largest absolute Gasteiger partial charge is 0.387 e. The summed E-state index contributed by atoms with van der Waals surface area (Å²) in [5, 5.41) is 10.1. The van der Waals surface area contributed by atoms with Gasteiger partial charge in [0.05, 0.1) is 12.6 Å². The van der Waals surface area contributed by atoms with Crippen LogP contribution in [-0.2, 0) is 4.79 Å². The summed E-state index contributed by atoms with van der Waals surface area (Å²) in [5.74, 6) is -2.50. The van der Waals surface area contributed by atoms with Crippen LogP contribution in [-0.4, -0.2) is 34.5 Å². The van der Waals surface area contributed by atoms with E-state index in [9.17, 15) is 18.7 Å². The number of nitrogens with zero attached hydrogens (tertiary/aromatic N) is 1. The minimum absolute atomic E-state index is 0.0236. The Labute approximate surface area is 117 Å². The lowest BCUT2D eigenvalue weighted by Gasteiger charge is -2.36. The molecule has 0 bridgehead atoms. The van der Waals surface area contributed by atoms with Crippen LogP contribution in [0.4, 0.5) is 8.78 Å². The Kier molecular flexibility index (Phi) is 5.19. The molecule has 0 radical (unpaired) electrons. The molecular weight excluding hydrogens is 266 g/mol. The average Bonchev–Trinajstić information content (AvgIpc) is 2.30. The topological polar surface area (TPSA) is 66.6 Å². The van der Waals surface area contributed by atoms with Crippen molar-refractivity contribution >= 4 is 5.91 Å². The molecule has 0 aliphatic rings. The predicted octanol–water partition coefficient (Wildman–Crippen LogP) is 1.58. The smallest absolute Gasteiger partial charge is 0.231 e. The second-order valence-electron chi connectivity index (χ2n) is 5.71. The molecule has 3 N–H and O–H groups in total. The van der Waals surface area contributed by atoms with Gasteiger partial charge in [-0.05, 0) is 38.5 Å². The van der Waals surface area contributed by atoms with E-state index >= 15 is 0 Å². The molecule has 0 aromatic heterocycles. The summed E-state index contributed by atoms with van der Waals surface area (Å²) in [5.41, 5.74) is 5.03. The number of hydrogen-bond acceptors (Lipinski definition) is 3. The number of amides is 1. The molecule has 0 saturated heterocycles. The van der Waals surface area contributed by atoms with Gasteiger partial charge in [-0.2, -0.15) is 0 Å². The van der Waals surface area contributed by atoms with Crippen LogP contribution >= 0.6 is 0 Å². The van der Waals surface area contributed by atoms with Gasteiger partial charge in [-0.1, -0.05) is 6.07 Å². The van der Waals surface area contributed by atoms with Crippen molar-refractivity contribution in [3.05, 3.63) is 35.4 Å². The molecule has 0 aliphatic heterocycles. The molecule has 4 nitrogen and oxygen atoms in total. The summed E-state index contributed by atoms with van der Waals surface area (Å²) < 4.78 is 26.0. The first-order valence-corrected chi connectivity index (χ1v) is 6.27.